The van der Waals surface area contributed by atoms with Crippen LogP contribution in [-0.2, 0) is 14.3 Å². The second-order valence-electron chi connectivity index (χ2n) is 4.34. The molecule has 2 atom stereocenters. The third-order valence-electron chi connectivity index (χ3n) is 2.92. The van der Waals surface area contributed by atoms with Gasteiger partial charge in [0.05, 0.1) is 6.61 Å². The molecule has 2 unspecified atom stereocenters. The first kappa shape index (κ1) is 15.1. The molecule has 0 aliphatic rings. The highest BCUT2D eigenvalue weighted by molar-refractivity contribution is 6.08. The fourth-order valence-electron chi connectivity index (χ4n) is 1.90. The fourth-order valence-corrected chi connectivity index (χ4v) is 1.90. The highest BCUT2D eigenvalue weighted by Crippen LogP contribution is 2.21. The first-order valence-corrected chi connectivity index (χ1v) is 6.31. The van der Waals surface area contributed by atoms with E-state index < -0.39 is 11.9 Å². The van der Waals surface area contributed by atoms with Crippen LogP contribution in [0.2, 0.25) is 0 Å². The molecule has 4 heteroatoms. The maximum absolute atomic E-state index is 12.4. The van der Waals surface area contributed by atoms with Gasteiger partial charge in [0, 0.05) is 12.0 Å². The van der Waals surface area contributed by atoms with Crippen molar-refractivity contribution < 1.29 is 19.1 Å². The van der Waals surface area contributed by atoms with Crippen molar-refractivity contribution in [3.05, 3.63) is 35.9 Å². The van der Waals surface area contributed by atoms with Crippen LogP contribution in [0.4, 0.5) is 0 Å². The van der Waals surface area contributed by atoms with Gasteiger partial charge in [-0.1, -0.05) is 37.3 Å². The minimum absolute atomic E-state index is 0.155. The molecule has 0 spiro atoms. The van der Waals surface area contributed by atoms with Crippen molar-refractivity contribution in [3.63, 3.8) is 0 Å². The summed E-state index contributed by atoms with van der Waals surface area (Å²) in [6.45, 7) is 3.61. The van der Waals surface area contributed by atoms with Gasteiger partial charge in [0.2, 0.25) is 0 Å². The number of aldehydes is 1. The first-order chi connectivity index (χ1) is 9.11. The minimum atomic E-state index is -0.924. The molecule has 0 aliphatic carbocycles. The van der Waals surface area contributed by atoms with Crippen molar-refractivity contribution in [2.75, 3.05) is 6.61 Å². The van der Waals surface area contributed by atoms with Crippen molar-refractivity contribution in [1.29, 1.82) is 0 Å². The number of benzene rings is 1. The Morgan fingerprint density at radius 1 is 1.26 bits per heavy atom. The van der Waals surface area contributed by atoms with Crippen LogP contribution in [0.1, 0.15) is 30.6 Å². The number of carbonyl (C=O) groups excluding carboxylic acids is 3. The molecular formula is C15H18O4. The van der Waals surface area contributed by atoms with Crippen LogP contribution >= 0.6 is 0 Å². The molecule has 1 rings (SSSR count). The van der Waals surface area contributed by atoms with Gasteiger partial charge in [-0.05, 0) is 12.8 Å². The zero-order chi connectivity index (χ0) is 14.3. The molecule has 1 aromatic carbocycles. The third-order valence-corrected chi connectivity index (χ3v) is 2.92. The van der Waals surface area contributed by atoms with Gasteiger partial charge < -0.3 is 9.53 Å². The number of hydrogen-bond acceptors (Lipinski definition) is 4. The van der Waals surface area contributed by atoms with Crippen LogP contribution in [-0.4, -0.2) is 24.6 Å². The van der Waals surface area contributed by atoms with E-state index in [1.807, 2.05) is 0 Å². The van der Waals surface area contributed by atoms with Gasteiger partial charge in [-0.2, -0.15) is 0 Å². The van der Waals surface area contributed by atoms with E-state index in [1.165, 1.54) is 0 Å². The number of esters is 1. The van der Waals surface area contributed by atoms with Gasteiger partial charge in [0.15, 0.2) is 5.78 Å². The Kier molecular flexibility index (Phi) is 5.93. The quantitative estimate of drug-likeness (QED) is 0.327. The standard InChI is InChI=1S/C15H18O4/c1-3-19-15(18)13(11(2)9-10-16)14(17)12-7-5-4-6-8-12/h4-8,10-11,13H,3,9H2,1-2H3. The maximum atomic E-state index is 12.4. The van der Waals surface area contributed by atoms with Gasteiger partial charge >= 0.3 is 5.97 Å². The second-order valence-corrected chi connectivity index (χ2v) is 4.34. The summed E-state index contributed by atoms with van der Waals surface area (Å²) in [5, 5.41) is 0. The zero-order valence-electron chi connectivity index (χ0n) is 11.2. The maximum Gasteiger partial charge on any atom is 0.317 e. The predicted molar refractivity (Wildman–Crippen MR) is 70.7 cm³/mol. The lowest BCUT2D eigenvalue weighted by Crippen LogP contribution is -2.32. The van der Waals surface area contributed by atoms with Crippen LogP contribution in [0.15, 0.2) is 30.3 Å². The van der Waals surface area contributed by atoms with E-state index in [4.69, 9.17) is 4.74 Å². The molecule has 4 nitrogen and oxygen atoms in total. The average molecular weight is 262 g/mol. The van der Waals surface area contributed by atoms with E-state index in [1.54, 1.807) is 44.2 Å². The molecule has 102 valence electrons. The van der Waals surface area contributed by atoms with E-state index >= 15 is 0 Å². The lowest BCUT2D eigenvalue weighted by molar-refractivity contribution is -0.147. The number of carbonyl (C=O) groups is 3. The summed E-state index contributed by atoms with van der Waals surface area (Å²) < 4.78 is 4.94. The van der Waals surface area contributed by atoms with Crippen LogP contribution < -0.4 is 0 Å². The van der Waals surface area contributed by atoms with Gasteiger partial charge in [-0.15, -0.1) is 0 Å². The summed E-state index contributed by atoms with van der Waals surface area (Å²) in [6, 6.07) is 8.58. The van der Waals surface area contributed by atoms with Gasteiger partial charge in [-0.25, -0.2) is 0 Å². The monoisotopic (exact) mass is 262 g/mol. The van der Waals surface area contributed by atoms with Crippen LogP contribution in [0, 0.1) is 11.8 Å². The van der Waals surface area contributed by atoms with E-state index in [0.717, 1.165) is 6.29 Å². The Morgan fingerprint density at radius 3 is 2.42 bits per heavy atom. The summed E-state index contributed by atoms with van der Waals surface area (Å²) in [4.78, 5) is 34.9. The third kappa shape index (κ3) is 4.02. The molecule has 0 fully saturated rings. The molecule has 0 bridgehead atoms. The lowest BCUT2D eigenvalue weighted by Gasteiger charge is -2.19. The van der Waals surface area contributed by atoms with Gasteiger partial charge in [0.1, 0.15) is 12.2 Å². The molecule has 0 amide bonds. The van der Waals surface area contributed by atoms with Crippen molar-refractivity contribution in [3.8, 4) is 0 Å². The smallest absolute Gasteiger partial charge is 0.317 e. The predicted octanol–water partition coefficient (Wildman–Crippen LogP) is 2.27. The lowest BCUT2D eigenvalue weighted by atomic mass is 9.85. The Balaban J connectivity index is 2.99. The summed E-state index contributed by atoms with van der Waals surface area (Å²) in [5.41, 5.74) is 0.457. The van der Waals surface area contributed by atoms with E-state index in [0.29, 0.717) is 5.56 Å². The number of rotatable bonds is 7. The molecule has 19 heavy (non-hydrogen) atoms. The highest BCUT2D eigenvalue weighted by atomic mass is 16.5. The Morgan fingerprint density at radius 2 is 1.89 bits per heavy atom. The topological polar surface area (TPSA) is 60.4 Å². The average Bonchev–Trinajstić information content (AvgIpc) is 2.40. The Bertz CT molecular complexity index is 439. The molecule has 0 heterocycles. The molecule has 0 aromatic heterocycles. The Hall–Kier alpha value is -1.97. The minimum Gasteiger partial charge on any atom is -0.465 e. The molecular weight excluding hydrogens is 244 g/mol. The largest absolute Gasteiger partial charge is 0.465 e. The molecule has 1 aromatic rings. The fraction of sp³-hybridized carbons (Fsp3) is 0.400. The summed E-state index contributed by atoms with van der Waals surface area (Å²) in [5.74, 6) is -2.16. The summed E-state index contributed by atoms with van der Waals surface area (Å²) >= 11 is 0. The van der Waals surface area contributed by atoms with Crippen molar-refractivity contribution in [2.45, 2.75) is 20.3 Å². The van der Waals surface area contributed by atoms with Gasteiger partial charge in [-0.3, -0.25) is 9.59 Å². The van der Waals surface area contributed by atoms with Crippen LogP contribution in [0.3, 0.4) is 0 Å². The normalized spacial score (nSPS) is 13.4. The SMILES string of the molecule is CCOC(=O)C(C(=O)c1ccccc1)C(C)CC=O. The number of Topliss-reactive ketones (excluding diaryl/α,β-unsaturated/α-hetero) is 1. The first-order valence-electron chi connectivity index (χ1n) is 6.31. The highest BCUT2D eigenvalue weighted by Gasteiger charge is 2.33. The van der Waals surface area contributed by atoms with Crippen molar-refractivity contribution in [2.24, 2.45) is 11.8 Å². The molecule has 0 saturated heterocycles. The van der Waals surface area contributed by atoms with E-state index in [-0.39, 0.29) is 24.7 Å². The van der Waals surface area contributed by atoms with E-state index in [2.05, 4.69) is 0 Å². The summed E-state index contributed by atoms with van der Waals surface area (Å²) in [6.07, 6.45) is 0.872. The van der Waals surface area contributed by atoms with Crippen LogP contribution in [0.25, 0.3) is 0 Å². The molecule has 0 N–H and O–H groups in total. The second kappa shape index (κ2) is 7.46. The molecule has 0 aliphatic heterocycles. The van der Waals surface area contributed by atoms with Crippen LogP contribution in [0.5, 0.6) is 0 Å². The summed E-state index contributed by atoms with van der Waals surface area (Å²) in [7, 11) is 0. The zero-order valence-corrected chi connectivity index (χ0v) is 11.2. The number of ether oxygens (including phenoxy) is 1. The number of hydrogen-bond donors (Lipinski definition) is 0. The molecule has 0 saturated carbocycles. The van der Waals surface area contributed by atoms with Crippen molar-refractivity contribution in [1.82, 2.24) is 0 Å². The Labute approximate surface area is 112 Å². The van der Waals surface area contributed by atoms with Gasteiger partial charge in [0.25, 0.3) is 0 Å². The molecule has 0 radical (unpaired) electrons. The van der Waals surface area contributed by atoms with Crippen molar-refractivity contribution >= 4 is 18.0 Å². The van der Waals surface area contributed by atoms with E-state index in [9.17, 15) is 14.4 Å². The number of ketones is 1.